The number of rotatable bonds is 8. The molecule has 2 aromatic heterocycles. The number of benzene rings is 2. The number of hydrogen-bond donors (Lipinski definition) is 1. The number of hydrogen-bond acceptors (Lipinski definition) is 9. The number of nitrogens with one attached hydrogen (secondary N) is 1. The van der Waals surface area contributed by atoms with E-state index in [1.54, 1.807) is 49.5 Å². The Labute approximate surface area is 251 Å². The molecule has 4 aromatic rings. The second kappa shape index (κ2) is 12.3. The predicted octanol–water partition coefficient (Wildman–Crippen LogP) is 3.39. The van der Waals surface area contributed by atoms with Crippen LogP contribution in [0.2, 0.25) is 5.02 Å². The molecular formula is C28H28ClN5O6S2. The number of sulfonamides is 1. The van der Waals surface area contributed by atoms with Gasteiger partial charge in [-0.15, -0.1) is 11.3 Å². The Balaban J connectivity index is 1.40. The Hall–Kier alpha value is -3.65. The van der Waals surface area contributed by atoms with Crippen LogP contribution in [0.5, 0.6) is 0 Å². The number of ether oxygens (including phenoxy) is 1. The fraction of sp³-hybridized carbons (Fsp3) is 0.321. The van der Waals surface area contributed by atoms with Crippen LogP contribution < -0.4 is 5.32 Å². The monoisotopic (exact) mass is 629 g/mol. The maximum atomic E-state index is 13.7. The van der Waals surface area contributed by atoms with Crippen molar-refractivity contribution >= 4 is 71.7 Å². The molecule has 1 unspecified atom stereocenters. The molecule has 220 valence electrons. The zero-order valence-corrected chi connectivity index (χ0v) is 25.3. The Morgan fingerprint density at radius 1 is 1.12 bits per heavy atom. The molecule has 0 aliphatic carbocycles. The first-order valence-electron chi connectivity index (χ1n) is 13.2. The van der Waals surface area contributed by atoms with Crippen LogP contribution in [-0.2, 0) is 24.3 Å². The van der Waals surface area contributed by atoms with Gasteiger partial charge in [-0.1, -0.05) is 23.7 Å². The van der Waals surface area contributed by atoms with Crippen molar-refractivity contribution in [3.05, 3.63) is 64.4 Å². The van der Waals surface area contributed by atoms with Crippen LogP contribution in [0.1, 0.15) is 28.8 Å². The molecule has 42 heavy (non-hydrogen) atoms. The number of aromatic nitrogens is 2. The van der Waals surface area contributed by atoms with Crippen LogP contribution in [0, 0.1) is 6.92 Å². The molecule has 1 fully saturated rings. The maximum absolute atomic E-state index is 13.7. The van der Waals surface area contributed by atoms with Gasteiger partial charge in [-0.25, -0.2) is 13.4 Å². The standard InChI is InChI=1S/C28H28ClN5O6S2/c1-3-40-26(36)15-31-25(35)13-21-16-33(42(38,39)22-7-5-18-11-20(29)6-4-19(18)12-22)8-9-34(21)28(37)27-32-23-10-17(2)30-14-24(23)41-27/h4-7,10-12,14,21H,3,8-9,13,15-16H2,1-2H3,(H,31,35). The molecule has 0 spiro atoms. The molecule has 0 bridgehead atoms. The number of nitrogens with zero attached hydrogens (tertiary/aromatic N) is 4. The van der Waals surface area contributed by atoms with Crippen molar-refractivity contribution in [2.45, 2.75) is 31.2 Å². The molecule has 1 N–H and O–H groups in total. The van der Waals surface area contributed by atoms with E-state index in [9.17, 15) is 22.8 Å². The summed E-state index contributed by atoms with van der Waals surface area (Å²) in [4.78, 5) is 48.6. The molecule has 14 heteroatoms. The fourth-order valence-corrected chi connectivity index (χ4v) is 7.37. The molecular weight excluding hydrogens is 602 g/mol. The van der Waals surface area contributed by atoms with E-state index in [-0.39, 0.29) is 49.1 Å². The van der Waals surface area contributed by atoms with Crippen LogP contribution in [0.15, 0.2) is 53.6 Å². The first-order valence-corrected chi connectivity index (χ1v) is 15.8. The molecule has 1 aliphatic heterocycles. The number of carbonyl (C=O) groups is 3. The molecule has 1 aliphatic rings. The Morgan fingerprint density at radius 3 is 2.67 bits per heavy atom. The van der Waals surface area contributed by atoms with E-state index in [4.69, 9.17) is 16.3 Å². The number of thiazole rings is 1. The zero-order chi connectivity index (χ0) is 30.0. The molecule has 0 saturated carbocycles. The maximum Gasteiger partial charge on any atom is 0.325 e. The zero-order valence-electron chi connectivity index (χ0n) is 22.9. The lowest BCUT2D eigenvalue weighted by Crippen LogP contribution is -2.57. The van der Waals surface area contributed by atoms with Crippen molar-refractivity contribution in [3.8, 4) is 0 Å². The lowest BCUT2D eigenvalue weighted by Gasteiger charge is -2.40. The van der Waals surface area contributed by atoms with Gasteiger partial charge in [0.15, 0.2) is 5.01 Å². The summed E-state index contributed by atoms with van der Waals surface area (Å²) < 4.78 is 34.3. The van der Waals surface area contributed by atoms with E-state index in [2.05, 4.69) is 15.3 Å². The van der Waals surface area contributed by atoms with Gasteiger partial charge in [0.25, 0.3) is 5.91 Å². The van der Waals surface area contributed by atoms with Gasteiger partial charge in [-0.2, -0.15) is 4.31 Å². The number of amides is 2. The largest absolute Gasteiger partial charge is 0.465 e. The first-order chi connectivity index (χ1) is 20.0. The van der Waals surface area contributed by atoms with Crippen molar-refractivity contribution < 1.29 is 27.5 Å². The van der Waals surface area contributed by atoms with E-state index in [0.717, 1.165) is 15.8 Å². The van der Waals surface area contributed by atoms with Crippen LogP contribution in [0.3, 0.4) is 0 Å². The van der Waals surface area contributed by atoms with E-state index in [1.807, 2.05) is 6.92 Å². The average molecular weight is 630 g/mol. The summed E-state index contributed by atoms with van der Waals surface area (Å²) in [6, 6.07) is 11.0. The molecule has 3 heterocycles. The number of pyridine rings is 1. The number of piperazine rings is 1. The van der Waals surface area contributed by atoms with Crippen molar-refractivity contribution in [2.75, 3.05) is 32.8 Å². The molecule has 5 rings (SSSR count). The SMILES string of the molecule is CCOC(=O)CNC(=O)CC1CN(S(=O)(=O)c2ccc3cc(Cl)ccc3c2)CCN1C(=O)c1nc2cc(C)ncc2s1. The van der Waals surface area contributed by atoms with E-state index >= 15 is 0 Å². The topological polar surface area (TPSA) is 139 Å². The van der Waals surface area contributed by atoms with Gasteiger partial charge in [0, 0.05) is 43.0 Å². The highest BCUT2D eigenvalue weighted by Gasteiger charge is 2.38. The quantitative estimate of drug-likeness (QED) is 0.293. The summed E-state index contributed by atoms with van der Waals surface area (Å²) in [7, 11) is -3.97. The third-order valence-electron chi connectivity index (χ3n) is 6.87. The minimum absolute atomic E-state index is 0.0270. The Kier molecular flexibility index (Phi) is 8.73. The van der Waals surface area contributed by atoms with Gasteiger partial charge >= 0.3 is 5.97 Å². The predicted molar refractivity (Wildman–Crippen MR) is 159 cm³/mol. The number of halogens is 1. The second-order valence-corrected chi connectivity index (χ2v) is 13.2. The minimum Gasteiger partial charge on any atom is -0.465 e. The molecule has 2 aromatic carbocycles. The minimum atomic E-state index is -3.97. The second-order valence-electron chi connectivity index (χ2n) is 9.77. The Morgan fingerprint density at radius 2 is 1.88 bits per heavy atom. The van der Waals surface area contributed by atoms with Crippen molar-refractivity contribution in [2.24, 2.45) is 0 Å². The Bertz CT molecular complexity index is 1790. The molecule has 0 radical (unpaired) electrons. The van der Waals surface area contributed by atoms with E-state index in [0.29, 0.717) is 15.9 Å². The van der Waals surface area contributed by atoms with Gasteiger partial charge in [-0.3, -0.25) is 19.4 Å². The van der Waals surface area contributed by atoms with Gasteiger partial charge in [0.2, 0.25) is 15.9 Å². The first kappa shape index (κ1) is 29.8. The number of esters is 1. The third-order valence-corrected chi connectivity index (χ3v) is 9.96. The summed E-state index contributed by atoms with van der Waals surface area (Å²) in [5, 5.41) is 4.78. The molecule has 11 nitrogen and oxygen atoms in total. The van der Waals surface area contributed by atoms with Crippen molar-refractivity contribution in [1.29, 1.82) is 0 Å². The summed E-state index contributed by atoms with van der Waals surface area (Å²) >= 11 is 7.26. The van der Waals surface area contributed by atoms with Crippen molar-refractivity contribution in [1.82, 2.24) is 24.5 Å². The van der Waals surface area contributed by atoms with Crippen LogP contribution in [-0.4, -0.2) is 84.2 Å². The van der Waals surface area contributed by atoms with Gasteiger partial charge < -0.3 is 15.0 Å². The third kappa shape index (κ3) is 6.38. The summed E-state index contributed by atoms with van der Waals surface area (Å²) in [6.45, 7) is 3.28. The summed E-state index contributed by atoms with van der Waals surface area (Å²) in [5.41, 5.74) is 1.40. The van der Waals surface area contributed by atoms with Crippen LogP contribution in [0.4, 0.5) is 0 Å². The smallest absolute Gasteiger partial charge is 0.325 e. The lowest BCUT2D eigenvalue weighted by atomic mass is 10.1. The fourth-order valence-electron chi connectivity index (χ4n) is 4.81. The highest BCUT2D eigenvalue weighted by molar-refractivity contribution is 7.89. The summed E-state index contributed by atoms with van der Waals surface area (Å²) in [5.74, 6) is -1.52. The van der Waals surface area contributed by atoms with Crippen LogP contribution in [0.25, 0.3) is 21.0 Å². The normalized spacial score (nSPS) is 16.1. The van der Waals surface area contributed by atoms with Gasteiger partial charge in [0.05, 0.1) is 27.8 Å². The van der Waals surface area contributed by atoms with Gasteiger partial charge in [-0.05, 0) is 55.0 Å². The van der Waals surface area contributed by atoms with E-state index in [1.165, 1.54) is 26.6 Å². The van der Waals surface area contributed by atoms with E-state index < -0.39 is 33.8 Å². The summed E-state index contributed by atoms with van der Waals surface area (Å²) in [6.07, 6.45) is 1.43. The number of carbonyl (C=O) groups excluding carboxylic acids is 3. The highest BCUT2D eigenvalue weighted by Crippen LogP contribution is 2.29. The lowest BCUT2D eigenvalue weighted by molar-refractivity contribution is -0.143. The van der Waals surface area contributed by atoms with Gasteiger partial charge in [0.1, 0.15) is 6.54 Å². The highest BCUT2D eigenvalue weighted by atomic mass is 35.5. The molecule has 1 atom stereocenters. The number of fused-ring (bicyclic) bond motifs is 2. The number of aryl methyl sites for hydroxylation is 1. The average Bonchev–Trinajstić information content (AvgIpc) is 3.39. The van der Waals surface area contributed by atoms with Crippen LogP contribution >= 0.6 is 22.9 Å². The van der Waals surface area contributed by atoms with Crippen molar-refractivity contribution in [3.63, 3.8) is 0 Å². The molecule has 2 amide bonds. The molecule has 1 saturated heterocycles.